The van der Waals surface area contributed by atoms with Gasteiger partial charge in [-0.15, -0.1) is 10.2 Å². The number of ether oxygens (including phenoxy) is 1. The van der Waals surface area contributed by atoms with Crippen molar-refractivity contribution < 1.29 is 9.53 Å². The second-order valence-electron chi connectivity index (χ2n) is 6.90. The van der Waals surface area contributed by atoms with Gasteiger partial charge >= 0.3 is 0 Å². The number of rotatable bonds is 6. The van der Waals surface area contributed by atoms with Crippen LogP contribution in [-0.4, -0.2) is 33.1 Å². The lowest BCUT2D eigenvalue weighted by atomic mass is 10.0. The van der Waals surface area contributed by atoms with Crippen LogP contribution in [0, 0.1) is 0 Å². The van der Waals surface area contributed by atoms with Crippen LogP contribution in [0.2, 0.25) is 5.02 Å². The molecule has 0 radical (unpaired) electrons. The Morgan fingerprint density at radius 2 is 1.93 bits per heavy atom. The Bertz CT molecular complexity index is 1020. The first-order chi connectivity index (χ1) is 14.6. The maximum absolute atomic E-state index is 13.2. The number of methoxy groups -OCH3 is 1. The molecule has 0 unspecified atom stereocenters. The Labute approximate surface area is 184 Å². The number of benzene rings is 2. The lowest BCUT2D eigenvalue weighted by molar-refractivity contribution is -0.116. The zero-order chi connectivity index (χ0) is 21.1. The monoisotopic (exact) mass is 443 g/mol. The van der Waals surface area contributed by atoms with Gasteiger partial charge in [0, 0.05) is 17.1 Å². The molecule has 4 rings (SSSR count). The van der Waals surface area contributed by atoms with E-state index >= 15 is 0 Å². The number of aromatic nitrogens is 3. The number of carbonyl (C=O) groups excluding carboxylic acids is 1. The molecule has 2 aromatic carbocycles. The van der Waals surface area contributed by atoms with Crippen LogP contribution < -0.4 is 15.5 Å². The molecule has 0 bridgehead atoms. The van der Waals surface area contributed by atoms with Gasteiger partial charge in [0.2, 0.25) is 11.1 Å². The van der Waals surface area contributed by atoms with Crippen LogP contribution in [0.15, 0.2) is 53.7 Å². The number of aryl methyl sites for hydroxylation is 1. The molecule has 0 saturated heterocycles. The minimum atomic E-state index is -0.445. The van der Waals surface area contributed by atoms with Gasteiger partial charge in [0.25, 0.3) is 0 Å². The maximum atomic E-state index is 13.2. The van der Waals surface area contributed by atoms with E-state index in [4.69, 9.17) is 16.3 Å². The molecule has 156 valence electrons. The highest BCUT2D eigenvalue weighted by Gasteiger charge is 2.37. The summed E-state index contributed by atoms with van der Waals surface area (Å²) in [5, 5.41) is 12.4. The van der Waals surface area contributed by atoms with Crippen LogP contribution in [0.4, 0.5) is 5.69 Å². The van der Waals surface area contributed by atoms with E-state index in [1.807, 2.05) is 53.2 Å². The van der Waals surface area contributed by atoms with Crippen LogP contribution in [-0.2, 0) is 11.2 Å². The highest BCUT2D eigenvalue weighted by atomic mass is 35.5. The van der Waals surface area contributed by atoms with Crippen molar-refractivity contribution in [3.63, 3.8) is 0 Å². The Morgan fingerprint density at radius 1 is 1.20 bits per heavy atom. The van der Waals surface area contributed by atoms with E-state index in [1.54, 1.807) is 7.11 Å². The minimum Gasteiger partial charge on any atom is -0.497 e. The van der Waals surface area contributed by atoms with Gasteiger partial charge < -0.3 is 15.5 Å². The molecule has 1 aliphatic rings. The van der Waals surface area contributed by atoms with E-state index < -0.39 is 5.25 Å². The molecule has 0 aliphatic carbocycles. The van der Waals surface area contributed by atoms with Gasteiger partial charge in [-0.05, 0) is 48.4 Å². The summed E-state index contributed by atoms with van der Waals surface area (Å²) in [5.41, 5.74) is 5.11. The van der Waals surface area contributed by atoms with Gasteiger partial charge in [-0.25, -0.2) is 4.68 Å². The van der Waals surface area contributed by atoms with Crippen molar-refractivity contribution in [3.8, 4) is 5.75 Å². The van der Waals surface area contributed by atoms with E-state index in [0.717, 1.165) is 30.0 Å². The summed E-state index contributed by atoms with van der Waals surface area (Å²) in [7, 11) is 1.61. The fourth-order valence-corrected chi connectivity index (χ4v) is 4.52. The smallest absolute Gasteiger partial charge is 0.240 e. The van der Waals surface area contributed by atoms with Gasteiger partial charge in [-0.3, -0.25) is 4.79 Å². The second kappa shape index (κ2) is 8.97. The van der Waals surface area contributed by atoms with Gasteiger partial charge in [-0.1, -0.05) is 42.4 Å². The number of fused-ring (bicyclic) bond motifs is 1. The van der Waals surface area contributed by atoms with Gasteiger partial charge in [0.15, 0.2) is 5.82 Å². The fourth-order valence-electron chi connectivity index (χ4n) is 3.29. The predicted molar refractivity (Wildman–Crippen MR) is 119 cm³/mol. The van der Waals surface area contributed by atoms with Crippen LogP contribution in [0.5, 0.6) is 5.75 Å². The van der Waals surface area contributed by atoms with E-state index in [-0.39, 0.29) is 11.9 Å². The lowest BCUT2D eigenvalue weighted by Gasteiger charge is -2.33. The average Bonchev–Trinajstić information content (AvgIpc) is 3.16. The Balaban J connectivity index is 1.63. The number of anilines is 1. The van der Waals surface area contributed by atoms with E-state index in [9.17, 15) is 4.79 Å². The Kier molecular flexibility index (Phi) is 6.15. The molecule has 3 aromatic rings. The zero-order valence-electron chi connectivity index (χ0n) is 16.6. The van der Waals surface area contributed by atoms with Crippen molar-refractivity contribution in [2.75, 3.05) is 17.9 Å². The quantitative estimate of drug-likeness (QED) is 0.591. The molecule has 1 aromatic heterocycles. The normalized spacial score (nSPS) is 17.7. The third kappa shape index (κ3) is 4.24. The first kappa shape index (κ1) is 20.6. The number of hydrogen-bond donors (Lipinski definition) is 2. The predicted octanol–water partition coefficient (Wildman–Crippen LogP) is 4.29. The van der Waals surface area contributed by atoms with Crippen LogP contribution in [0.3, 0.4) is 0 Å². The summed E-state index contributed by atoms with van der Waals surface area (Å²) in [6.07, 6.45) is 1.76. The van der Waals surface area contributed by atoms with Crippen molar-refractivity contribution >= 4 is 35.0 Å². The fraction of sp³-hybridized carbons (Fsp3) is 0.286. The number of carbonyl (C=O) groups is 1. The molecule has 30 heavy (non-hydrogen) atoms. The molecule has 0 spiro atoms. The van der Waals surface area contributed by atoms with Crippen molar-refractivity contribution in [2.45, 2.75) is 36.2 Å². The molecule has 1 amide bonds. The number of thioether (sulfide) groups is 1. The molecule has 0 saturated carbocycles. The Hall–Kier alpha value is -2.71. The molecule has 2 heterocycles. The van der Waals surface area contributed by atoms with Gasteiger partial charge in [0.1, 0.15) is 11.0 Å². The highest BCUT2D eigenvalue weighted by molar-refractivity contribution is 8.00. The zero-order valence-corrected chi connectivity index (χ0v) is 18.2. The summed E-state index contributed by atoms with van der Waals surface area (Å²) in [6, 6.07) is 14.5. The summed E-state index contributed by atoms with van der Waals surface area (Å²) in [6.45, 7) is 2.10. The number of nitrogens with one attached hydrogen (secondary N) is 2. The average molecular weight is 444 g/mol. The summed E-state index contributed by atoms with van der Waals surface area (Å²) in [5.74, 6) is 1.47. The van der Waals surface area contributed by atoms with E-state index in [0.29, 0.717) is 15.9 Å². The van der Waals surface area contributed by atoms with Crippen molar-refractivity contribution in [3.05, 3.63) is 64.9 Å². The van der Waals surface area contributed by atoms with Crippen LogP contribution >= 0.6 is 23.4 Å². The highest BCUT2D eigenvalue weighted by Crippen LogP contribution is 2.38. The molecule has 7 nitrogen and oxygen atoms in total. The second-order valence-corrected chi connectivity index (χ2v) is 8.44. The summed E-state index contributed by atoms with van der Waals surface area (Å²) in [4.78, 5) is 13.2. The van der Waals surface area contributed by atoms with Crippen molar-refractivity contribution in [1.29, 1.82) is 0 Å². The van der Waals surface area contributed by atoms with E-state index in [1.165, 1.54) is 11.8 Å². The lowest BCUT2D eigenvalue weighted by Crippen LogP contribution is -2.41. The summed E-state index contributed by atoms with van der Waals surface area (Å²) >= 11 is 7.47. The topological polar surface area (TPSA) is 81.1 Å². The minimum absolute atomic E-state index is 0.121. The SMILES string of the molecule is CCCc1nnc2n1N[C@@H](c1ccc(Cl)cc1)[C@H](C(=O)Nc1ccc(OC)cc1)S2. The molecule has 1 aliphatic heterocycles. The molecule has 2 atom stereocenters. The van der Waals surface area contributed by atoms with E-state index in [2.05, 4.69) is 27.9 Å². The van der Waals surface area contributed by atoms with Crippen LogP contribution in [0.25, 0.3) is 0 Å². The molecular weight excluding hydrogens is 422 g/mol. The molecule has 0 fully saturated rings. The maximum Gasteiger partial charge on any atom is 0.240 e. The third-order valence-corrected chi connectivity index (χ3v) is 6.29. The number of halogens is 1. The first-order valence-electron chi connectivity index (χ1n) is 9.67. The molecular formula is C21H22ClN5O2S. The standard InChI is InChI=1S/C21H22ClN5O2S/c1-3-4-17-24-25-21-27(17)26-18(13-5-7-14(22)8-6-13)19(30-21)20(28)23-15-9-11-16(29-2)12-10-15/h5-12,18-19,26H,3-4H2,1-2H3,(H,23,28)/t18-,19+/m0/s1. The van der Waals surface area contributed by atoms with Crippen molar-refractivity contribution in [1.82, 2.24) is 14.9 Å². The number of amides is 1. The number of hydrogen-bond acceptors (Lipinski definition) is 6. The molecule has 2 N–H and O–H groups in total. The van der Waals surface area contributed by atoms with Gasteiger partial charge in [0.05, 0.1) is 13.2 Å². The largest absolute Gasteiger partial charge is 0.497 e. The number of nitrogens with zero attached hydrogens (tertiary/aromatic N) is 3. The Morgan fingerprint density at radius 3 is 2.60 bits per heavy atom. The summed E-state index contributed by atoms with van der Waals surface area (Å²) < 4.78 is 7.07. The molecule has 9 heteroatoms. The third-order valence-electron chi connectivity index (χ3n) is 4.82. The van der Waals surface area contributed by atoms with Gasteiger partial charge in [-0.2, -0.15) is 0 Å². The van der Waals surface area contributed by atoms with Crippen molar-refractivity contribution in [2.24, 2.45) is 0 Å². The van der Waals surface area contributed by atoms with Crippen LogP contribution in [0.1, 0.15) is 30.8 Å². The first-order valence-corrected chi connectivity index (χ1v) is 10.9.